The molecule has 0 aliphatic carbocycles. The van der Waals surface area contributed by atoms with E-state index in [9.17, 15) is 0 Å². The number of hydrogen-bond acceptors (Lipinski definition) is 4. The van der Waals surface area contributed by atoms with E-state index in [1.165, 1.54) is 0 Å². The lowest BCUT2D eigenvalue weighted by Crippen LogP contribution is -2.03. The second-order valence-electron chi connectivity index (χ2n) is 3.70. The van der Waals surface area contributed by atoms with Crippen LogP contribution in [-0.4, -0.2) is 16.9 Å². The number of ether oxygens (including phenoxy) is 1. The fraction of sp³-hybridized carbons (Fsp3) is 0.167. The molecule has 0 fully saturated rings. The third-order valence-corrected chi connectivity index (χ3v) is 2.78. The Balaban J connectivity index is 2.35. The van der Waals surface area contributed by atoms with Gasteiger partial charge in [-0.3, -0.25) is 4.68 Å². The van der Waals surface area contributed by atoms with E-state index in [1.54, 1.807) is 36.2 Å². The van der Waals surface area contributed by atoms with E-state index in [2.05, 4.69) is 11.2 Å². The molecule has 0 amide bonds. The third kappa shape index (κ3) is 2.39. The lowest BCUT2D eigenvalue weighted by Gasteiger charge is -2.08. The normalized spacial score (nSPS) is 10.1. The maximum Gasteiger partial charge on any atom is 0.164 e. The molecule has 1 aromatic heterocycles. The number of anilines is 1. The molecular formula is C12H11ClN4O. The van der Waals surface area contributed by atoms with Crippen molar-refractivity contribution >= 4 is 17.4 Å². The molecule has 0 saturated heterocycles. The first-order chi connectivity index (χ1) is 8.63. The van der Waals surface area contributed by atoms with Gasteiger partial charge in [-0.25, -0.2) is 0 Å². The van der Waals surface area contributed by atoms with Gasteiger partial charge >= 0.3 is 0 Å². The Hall–Kier alpha value is -2.19. The van der Waals surface area contributed by atoms with Crippen molar-refractivity contribution in [1.82, 2.24) is 9.78 Å². The van der Waals surface area contributed by atoms with Crippen LogP contribution >= 0.6 is 11.6 Å². The minimum atomic E-state index is 0.284. The van der Waals surface area contributed by atoms with Crippen molar-refractivity contribution in [2.75, 3.05) is 12.8 Å². The Kier molecular flexibility index (Phi) is 3.40. The van der Waals surface area contributed by atoms with Crippen LogP contribution in [0.2, 0.25) is 5.02 Å². The van der Waals surface area contributed by atoms with Gasteiger partial charge < -0.3 is 10.5 Å². The average Bonchev–Trinajstić information content (AvgIpc) is 2.68. The van der Waals surface area contributed by atoms with E-state index < -0.39 is 0 Å². The highest BCUT2D eigenvalue weighted by atomic mass is 35.5. The molecule has 2 N–H and O–H groups in total. The van der Waals surface area contributed by atoms with Gasteiger partial charge in [-0.1, -0.05) is 11.6 Å². The molecule has 1 aromatic carbocycles. The highest BCUT2D eigenvalue weighted by molar-refractivity contribution is 6.32. The molecule has 0 aliphatic heterocycles. The number of rotatable bonds is 3. The minimum absolute atomic E-state index is 0.284. The zero-order valence-electron chi connectivity index (χ0n) is 9.72. The third-order valence-electron chi connectivity index (χ3n) is 2.49. The van der Waals surface area contributed by atoms with Crippen molar-refractivity contribution in [3.8, 4) is 11.8 Å². The van der Waals surface area contributed by atoms with Crippen molar-refractivity contribution in [2.24, 2.45) is 0 Å². The fourth-order valence-electron chi connectivity index (χ4n) is 1.64. The number of halogens is 1. The first kappa shape index (κ1) is 12.3. The summed E-state index contributed by atoms with van der Waals surface area (Å²) in [6.07, 6.45) is 1.63. The molecule has 0 bridgehead atoms. The van der Waals surface area contributed by atoms with Crippen LogP contribution in [0.4, 0.5) is 5.82 Å². The number of nitrogen functional groups attached to an aromatic ring is 1. The van der Waals surface area contributed by atoms with E-state index in [1.807, 2.05) is 0 Å². The molecule has 2 rings (SSSR count). The Labute approximate surface area is 109 Å². The summed E-state index contributed by atoms with van der Waals surface area (Å²) < 4.78 is 6.85. The van der Waals surface area contributed by atoms with Crippen molar-refractivity contribution in [3.05, 3.63) is 40.5 Å². The van der Waals surface area contributed by atoms with Gasteiger partial charge in [0.25, 0.3) is 0 Å². The summed E-state index contributed by atoms with van der Waals surface area (Å²) in [6.45, 7) is 0.440. The van der Waals surface area contributed by atoms with Gasteiger partial charge in [0, 0.05) is 11.8 Å². The predicted octanol–water partition coefficient (Wildman–Crippen LogP) is 2.05. The minimum Gasteiger partial charge on any atom is -0.496 e. The molecule has 5 nitrogen and oxygen atoms in total. The van der Waals surface area contributed by atoms with Crippen LogP contribution in [0, 0.1) is 11.3 Å². The summed E-state index contributed by atoms with van der Waals surface area (Å²) in [6, 6.07) is 7.29. The Morgan fingerprint density at radius 1 is 1.56 bits per heavy atom. The molecule has 6 heteroatoms. The second kappa shape index (κ2) is 4.98. The standard InChI is InChI=1S/C12H11ClN4O/c1-18-11-3-2-8(5-14)4-9(11)6-17-7-10(13)12(15)16-17/h2-4,7H,6H2,1H3,(H2,15,16). The SMILES string of the molecule is COc1ccc(C#N)cc1Cn1cc(Cl)c(N)n1. The number of hydrogen-bond donors (Lipinski definition) is 1. The van der Waals surface area contributed by atoms with Gasteiger partial charge in [-0.15, -0.1) is 0 Å². The Morgan fingerprint density at radius 3 is 2.89 bits per heavy atom. The maximum absolute atomic E-state index is 8.89. The van der Waals surface area contributed by atoms with Crippen LogP contribution in [0.25, 0.3) is 0 Å². The number of nitrogens with zero attached hydrogens (tertiary/aromatic N) is 3. The fourth-order valence-corrected chi connectivity index (χ4v) is 1.79. The van der Waals surface area contributed by atoms with Crippen LogP contribution in [0.3, 0.4) is 0 Å². The average molecular weight is 263 g/mol. The first-order valence-corrected chi connectivity index (χ1v) is 5.57. The highest BCUT2D eigenvalue weighted by Gasteiger charge is 2.08. The molecule has 0 spiro atoms. The number of nitrogens with two attached hydrogens (primary N) is 1. The molecule has 2 aromatic rings. The molecule has 18 heavy (non-hydrogen) atoms. The predicted molar refractivity (Wildman–Crippen MR) is 68.5 cm³/mol. The van der Waals surface area contributed by atoms with Crippen LogP contribution in [0.1, 0.15) is 11.1 Å². The Bertz CT molecular complexity index is 596. The van der Waals surface area contributed by atoms with Crippen LogP contribution in [0.15, 0.2) is 24.4 Å². The highest BCUT2D eigenvalue weighted by Crippen LogP contribution is 2.22. The van der Waals surface area contributed by atoms with Crippen molar-refractivity contribution < 1.29 is 4.74 Å². The van der Waals surface area contributed by atoms with E-state index in [0.717, 1.165) is 5.56 Å². The summed E-state index contributed by atoms with van der Waals surface area (Å²) in [5.74, 6) is 0.978. The summed E-state index contributed by atoms with van der Waals surface area (Å²) in [7, 11) is 1.58. The summed E-state index contributed by atoms with van der Waals surface area (Å²) >= 11 is 5.84. The van der Waals surface area contributed by atoms with E-state index in [-0.39, 0.29) is 5.82 Å². The molecule has 1 heterocycles. The van der Waals surface area contributed by atoms with Gasteiger partial charge in [0.15, 0.2) is 5.82 Å². The van der Waals surface area contributed by atoms with Gasteiger partial charge in [-0.2, -0.15) is 10.4 Å². The van der Waals surface area contributed by atoms with Gasteiger partial charge in [0.1, 0.15) is 10.8 Å². The summed E-state index contributed by atoms with van der Waals surface area (Å²) in [5.41, 5.74) is 6.98. The van der Waals surface area contributed by atoms with Crippen LogP contribution in [-0.2, 0) is 6.54 Å². The lowest BCUT2D eigenvalue weighted by molar-refractivity contribution is 0.407. The maximum atomic E-state index is 8.89. The van der Waals surface area contributed by atoms with Gasteiger partial charge in [0.2, 0.25) is 0 Å². The monoisotopic (exact) mass is 262 g/mol. The van der Waals surface area contributed by atoms with Crippen molar-refractivity contribution in [1.29, 1.82) is 5.26 Å². The zero-order valence-corrected chi connectivity index (χ0v) is 10.5. The first-order valence-electron chi connectivity index (χ1n) is 5.19. The number of aromatic nitrogens is 2. The van der Waals surface area contributed by atoms with Gasteiger partial charge in [0.05, 0.1) is 25.3 Å². The molecule has 0 saturated carbocycles. The van der Waals surface area contributed by atoms with E-state index in [4.69, 9.17) is 27.3 Å². The molecule has 0 radical (unpaired) electrons. The summed E-state index contributed by atoms with van der Waals surface area (Å²) in [4.78, 5) is 0. The van der Waals surface area contributed by atoms with Gasteiger partial charge in [-0.05, 0) is 18.2 Å². The molecule has 0 atom stereocenters. The zero-order chi connectivity index (χ0) is 13.1. The van der Waals surface area contributed by atoms with Crippen molar-refractivity contribution in [3.63, 3.8) is 0 Å². The summed E-state index contributed by atoms with van der Waals surface area (Å²) in [5, 5.41) is 13.4. The number of methoxy groups -OCH3 is 1. The van der Waals surface area contributed by atoms with Crippen molar-refractivity contribution in [2.45, 2.75) is 6.54 Å². The number of benzene rings is 1. The van der Waals surface area contributed by atoms with Crippen LogP contribution in [0.5, 0.6) is 5.75 Å². The smallest absolute Gasteiger partial charge is 0.164 e. The molecule has 92 valence electrons. The molecule has 0 aliphatic rings. The molecular weight excluding hydrogens is 252 g/mol. The number of nitriles is 1. The van der Waals surface area contributed by atoms with E-state index >= 15 is 0 Å². The van der Waals surface area contributed by atoms with Crippen LogP contribution < -0.4 is 10.5 Å². The Morgan fingerprint density at radius 2 is 2.33 bits per heavy atom. The lowest BCUT2D eigenvalue weighted by atomic mass is 10.1. The largest absolute Gasteiger partial charge is 0.496 e. The molecule has 0 unspecified atom stereocenters. The topological polar surface area (TPSA) is 76.9 Å². The second-order valence-corrected chi connectivity index (χ2v) is 4.11. The quantitative estimate of drug-likeness (QED) is 0.918. The van der Waals surface area contributed by atoms with E-state index in [0.29, 0.717) is 22.9 Å².